The Hall–Kier alpha value is -1.91. The van der Waals surface area contributed by atoms with Gasteiger partial charge >= 0.3 is 12.1 Å². The lowest BCUT2D eigenvalue weighted by atomic mass is 9.93. The zero-order valence-corrected chi connectivity index (χ0v) is 17.0. The van der Waals surface area contributed by atoms with E-state index in [4.69, 9.17) is 14.6 Å². The van der Waals surface area contributed by atoms with Crippen molar-refractivity contribution < 1.29 is 32.6 Å². The lowest BCUT2D eigenvalue weighted by molar-refractivity contribution is -0.192. The SMILES string of the molecule is C=CCN1CCO[C@@H]2CN(C(=O)c3sccc3C)CC[C@@H]2C1.O=C(O)C(F)(F)F. The number of aliphatic carboxylic acids is 1. The van der Waals surface area contributed by atoms with Crippen LogP contribution in [0.3, 0.4) is 0 Å². The third kappa shape index (κ3) is 6.55. The Kier molecular flexibility index (Phi) is 8.23. The van der Waals surface area contributed by atoms with Crippen molar-refractivity contribution in [1.29, 1.82) is 0 Å². The summed E-state index contributed by atoms with van der Waals surface area (Å²) in [6.07, 6.45) is -1.93. The van der Waals surface area contributed by atoms with Crippen LogP contribution in [0.5, 0.6) is 0 Å². The van der Waals surface area contributed by atoms with Crippen molar-refractivity contribution in [3.8, 4) is 0 Å². The number of amides is 1. The second-order valence-corrected chi connectivity index (χ2v) is 7.91. The van der Waals surface area contributed by atoms with Gasteiger partial charge in [-0.3, -0.25) is 9.69 Å². The van der Waals surface area contributed by atoms with Gasteiger partial charge in [-0.05, 0) is 30.4 Å². The molecule has 10 heteroatoms. The summed E-state index contributed by atoms with van der Waals surface area (Å²) in [5.74, 6) is -2.06. The molecule has 3 rings (SSSR count). The molecular weight excluding hydrogens is 409 g/mol. The van der Waals surface area contributed by atoms with E-state index in [0.717, 1.165) is 56.2 Å². The van der Waals surface area contributed by atoms with Gasteiger partial charge in [0.15, 0.2) is 0 Å². The number of rotatable bonds is 3. The van der Waals surface area contributed by atoms with Gasteiger partial charge in [0.25, 0.3) is 5.91 Å². The number of halogens is 3. The molecule has 0 unspecified atom stereocenters. The van der Waals surface area contributed by atoms with Crippen LogP contribution in [-0.2, 0) is 9.53 Å². The molecular formula is C19H25F3N2O4S. The summed E-state index contributed by atoms with van der Waals surface area (Å²) in [7, 11) is 0. The molecule has 1 aromatic rings. The largest absolute Gasteiger partial charge is 0.490 e. The van der Waals surface area contributed by atoms with Crippen molar-refractivity contribution in [1.82, 2.24) is 9.80 Å². The highest BCUT2D eigenvalue weighted by Crippen LogP contribution is 2.27. The number of carboxylic acids is 1. The molecule has 1 N–H and O–H groups in total. The number of thiophene rings is 1. The summed E-state index contributed by atoms with van der Waals surface area (Å²) >= 11 is 1.54. The molecule has 0 aliphatic carbocycles. The Balaban J connectivity index is 0.000000370. The number of nitrogens with zero attached hydrogens (tertiary/aromatic N) is 2. The highest BCUT2D eigenvalue weighted by atomic mass is 32.1. The van der Waals surface area contributed by atoms with E-state index in [1.165, 1.54) is 0 Å². The maximum Gasteiger partial charge on any atom is 0.490 e. The first-order valence-electron chi connectivity index (χ1n) is 9.21. The van der Waals surface area contributed by atoms with Crippen LogP contribution in [0.2, 0.25) is 0 Å². The highest BCUT2D eigenvalue weighted by molar-refractivity contribution is 7.12. The summed E-state index contributed by atoms with van der Waals surface area (Å²) in [5, 5.41) is 9.12. The van der Waals surface area contributed by atoms with Gasteiger partial charge in [-0.1, -0.05) is 6.08 Å². The molecule has 29 heavy (non-hydrogen) atoms. The predicted molar refractivity (Wildman–Crippen MR) is 103 cm³/mol. The van der Waals surface area contributed by atoms with Crippen molar-refractivity contribution in [3.63, 3.8) is 0 Å². The van der Waals surface area contributed by atoms with Crippen LogP contribution in [0.15, 0.2) is 24.1 Å². The monoisotopic (exact) mass is 434 g/mol. The number of alkyl halides is 3. The fraction of sp³-hybridized carbons (Fsp3) is 0.579. The van der Waals surface area contributed by atoms with E-state index in [1.54, 1.807) is 11.3 Å². The molecule has 2 aliphatic heterocycles. The quantitative estimate of drug-likeness (QED) is 0.741. The molecule has 0 spiro atoms. The van der Waals surface area contributed by atoms with Crippen molar-refractivity contribution in [2.24, 2.45) is 5.92 Å². The number of ether oxygens (including phenoxy) is 1. The summed E-state index contributed by atoms with van der Waals surface area (Å²) in [4.78, 5) is 26.8. The second kappa shape index (κ2) is 10.2. The molecule has 2 fully saturated rings. The second-order valence-electron chi connectivity index (χ2n) is 6.99. The number of piperidine rings is 1. The Labute approximate surface area is 171 Å². The van der Waals surface area contributed by atoms with E-state index in [2.05, 4.69) is 11.5 Å². The number of carbonyl (C=O) groups excluding carboxylic acids is 1. The fourth-order valence-electron chi connectivity index (χ4n) is 3.39. The Bertz CT molecular complexity index is 723. The van der Waals surface area contributed by atoms with Gasteiger partial charge < -0.3 is 14.7 Å². The van der Waals surface area contributed by atoms with E-state index in [1.807, 2.05) is 29.3 Å². The van der Waals surface area contributed by atoms with Gasteiger partial charge in [0, 0.05) is 38.6 Å². The van der Waals surface area contributed by atoms with Gasteiger partial charge in [0.1, 0.15) is 0 Å². The number of hydrogen-bond acceptors (Lipinski definition) is 5. The van der Waals surface area contributed by atoms with E-state index in [9.17, 15) is 18.0 Å². The topological polar surface area (TPSA) is 70.1 Å². The maximum absolute atomic E-state index is 12.7. The zero-order valence-electron chi connectivity index (χ0n) is 16.2. The lowest BCUT2D eigenvalue weighted by Gasteiger charge is -2.38. The highest BCUT2D eigenvalue weighted by Gasteiger charge is 2.38. The average Bonchev–Trinajstić information content (AvgIpc) is 2.97. The number of likely N-dealkylation sites (tertiary alicyclic amines) is 1. The standard InChI is InChI=1S/C17H24N2O2S.C2HF3O2/c1-3-6-18-8-9-21-15-12-19(7-4-14(15)11-18)17(20)16-13(2)5-10-22-16;3-2(4,5)1(6)7/h3,5,10,14-15H,1,4,6-9,11-12H2,2H3;(H,6,7)/t14-,15-;/m1./s1. The van der Waals surface area contributed by atoms with Crippen molar-refractivity contribution >= 4 is 23.2 Å². The first-order chi connectivity index (χ1) is 13.6. The minimum absolute atomic E-state index is 0.168. The van der Waals surface area contributed by atoms with Crippen LogP contribution >= 0.6 is 11.3 Å². The minimum Gasteiger partial charge on any atom is -0.475 e. The van der Waals surface area contributed by atoms with E-state index < -0.39 is 12.1 Å². The van der Waals surface area contributed by atoms with Gasteiger partial charge in [-0.25, -0.2) is 4.79 Å². The van der Waals surface area contributed by atoms with E-state index in [-0.39, 0.29) is 12.0 Å². The molecule has 0 radical (unpaired) electrons. The van der Waals surface area contributed by atoms with Crippen LogP contribution in [0, 0.1) is 12.8 Å². The zero-order chi connectivity index (χ0) is 21.6. The normalized spacial score (nSPS) is 22.7. The minimum atomic E-state index is -5.08. The number of aryl methyl sites for hydroxylation is 1. The molecule has 1 amide bonds. The van der Waals surface area contributed by atoms with Crippen LogP contribution in [0.1, 0.15) is 21.7 Å². The van der Waals surface area contributed by atoms with Crippen molar-refractivity contribution in [2.75, 3.05) is 39.3 Å². The summed E-state index contributed by atoms with van der Waals surface area (Å²) in [6.45, 7) is 11.1. The Morgan fingerprint density at radius 1 is 1.38 bits per heavy atom. The molecule has 0 bridgehead atoms. The number of carboxylic acid groups (broad SMARTS) is 1. The average molecular weight is 434 g/mol. The summed E-state index contributed by atoms with van der Waals surface area (Å²) in [5.41, 5.74) is 1.08. The number of hydrogen-bond donors (Lipinski definition) is 1. The molecule has 162 valence electrons. The molecule has 2 saturated heterocycles. The Morgan fingerprint density at radius 2 is 2.07 bits per heavy atom. The predicted octanol–water partition coefficient (Wildman–Crippen LogP) is 3.04. The molecule has 6 nitrogen and oxygen atoms in total. The molecule has 2 atom stereocenters. The summed E-state index contributed by atoms with van der Waals surface area (Å²) < 4.78 is 37.8. The Morgan fingerprint density at radius 3 is 2.62 bits per heavy atom. The first-order valence-corrected chi connectivity index (χ1v) is 10.1. The fourth-order valence-corrected chi connectivity index (χ4v) is 4.28. The molecule has 0 saturated carbocycles. The van der Waals surface area contributed by atoms with E-state index >= 15 is 0 Å². The molecule has 2 aliphatic rings. The van der Waals surface area contributed by atoms with E-state index in [0.29, 0.717) is 5.92 Å². The van der Waals surface area contributed by atoms with Crippen LogP contribution < -0.4 is 0 Å². The summed E-state index contributed by atoms with van der Waals surface area (Å²) in [6, 6.07) is 2.01. The smallest absolute Gasteiger partial charge is 0.475 e. The first kappa shape index (κ1) is 23.4. The van der Waals surface area contributed by atoms with Gasteiger partial charge in [0.2, 0.25) is 0 Å². The lowest BCUT2D eigenvalue weighted by Crippen LogP contribution is -2.49. The molecule has 1 aromatic heterocycles. The third-order valence-electron chi connectivity index (χ3n) is 4.90. The van der Waals surface area contributed by atoms with Crippen molar-refractivity contribution in [3.05, 3.63) is 34.5 Å². The van der Waals surface area contributed by atoms with Gasteiger partial charge in [-0.2, -0.15) is 13.2 Å². The number of fused-ring (bicyclic) bond motifs is 1. The van der Waals surface area contributed by atoms with Crippen LogP contribution in [-0.4, -0.2) is 78.4 Å². The van der Waals surface area contributed by atoms with Crippen LogP contribution in [0.25, 0.3) is 0 Å². The van der Waals surface area contributed by atoms with Gasteiger partial charge in [0.05, 0.1) is 17.6 Å². The third-order valence-corrected chi connectivity index (χ3v) is 5.91. The number of carbonyl (C=O) groups is 2. The molecule has 3 heterocycles. The van der Waals surface area contributed by atoms with Crippen LogP contribution in [0.4, 0.5) is 13.2 Å². The maximum atomic E-state index is 12.7. The van der Waals surface area contributed by atoms with Crippen molar-refractivity contribution in [2.45, 2.75) is 25.6 Å². The van der Waals surface area contributed by atoms with Gasteiger partial charge in [-0.15, -0.1) is 17.9 Å². The molecule has 0 aromatic carbocycles.